The quantitative estimate of drug-likeness (QED) is 0.448. The summed E-state index contributed by atoms with van der Waals surface area (Å²) in [5.74, 6) is 1.19. The van der Waals surface area contributed by atoms with Crippen LogP contribution in [0.5, 0.6) is 5.75 Å². The minimum atomic E-state index is 0.0853. The van der Waals surface area contributed by atoms with E-state index in [-0.39, 0.29) is 10.9 Å². The Morgan fingerprint density at radius 1 is 1.40 bits per heavy atom. The summed E-state index contributed by atoms with van der Waals surface area (Å²) in [6, 6.07) is 3.40. The fourth-order valence-electron chi connectivity index (χ4n) is 2.66. The summed E-state index contributed by atoms with van der Waals surface area (Å²) < 4.78 is 5.87. The number of nitrogens with zero attached hydrogens (tertiary/aromatic N) is 1. The standard InChI is InChI=1S/C14H15N3O2S/c15-14(20)17-16-7-9-10(18)5-6-12-13(9)8-3-1-2-4-11(8)19-12/h5-7,18H,1-4H2,(H3,15,17,20). The van der Waals surface area contributed by atoms with Crippen LogP contribution in [0, 0.1) is 0 Å². The topological polar surface area (TPSA) is 83.8 Å². The van der Waals surface area contributed by atoms with Crippen molar-refractivity contribution in [3.8, 4) is 5.75 Å². The second kappa shape index (κ2) is 5.13. The highest BCUT2D eigenvalue weighted by Crippen LogP contribution is 2.36. The average Bonchev–Trinajstić information content (AvgIpc) is 2.79. The molecule has 0 saturated carbocycles. The Balaban J connectivity index is 2.13. The van der Waals surface area contributed by atoms with Gasteiger partial charge in [0.25, 0.3) is 0 Å². The van der Waals surface area contributed by atoms with E-state index >= 15 is 0 Å². The zero-order chi connectivity index (χ0) is 14.1. The van der Waals surface area contributed by atoms with Crippen LogP contribution in [0.4, 0.5) is 0 Å². The van der Waals surface area contributed by atoms with Gasteiger partial charge in [0, 0.05) is 22.9 Å². The summed E-state index contributed by atoms with van der Waals surface area (Å²) in [5, 5.41) is 15.0. The molecular formula is C14H15N3O2S. The second-order valence-corrected chi connectivity index (χ2v) is 5.26. The third kappa shape index (κ3) is 2.22. The molecular weight excluding hydrogens is 274 g/mol. The highest BCUT2D eigenvalue weighted by atomic mass is 32.1. The van der Waals surface area contributed by atoms with Crippen molar-refractivity contribution in [1.82, 2.24) is 5.43 Å². The Kier molecular flexibility index (Phi) is 3.31. The predicted octanol–water partition coefficient (Wildman–Crippen LogP) is 2.18. The molecule has 1 aromatic heterocycles. The molecule has 1 aliphatic rings. The van der Waals surface area contributed by atoms with E-state index in [0.717, 1.165) is 42.4 Å². The maximum Gasteiger partial charge on any atom is 0.184 e. The van der Waals surface area contributed by atoms with Gasteiger partial charge in [0.15, 0.2) is 5.11 Å². The van der Waals surface area contributed by atoms with Gasteiger partial charge in [-0.25, -0.2) is 0 Å². The molecule has 104 valence electrons. The van der Waals surface area contributed by atoms with Crippen molar-refractivity contribution in [3.63, 3.8) is 0 Å². The molecule has 0 unspecified atom stereocenters. The van der Waals surface area contributed by atoms with Crippen molar-refractivity contribution < 1.29 is 9.52 Å². The number of hydrogen-bond donors (Lipinski definition) is 3. The van der Waals surface area contributed by atoms with E-state index < -0.39 is 0 Å². The number of thiocarbonyl (C=S) groups is 1. The monoisotopic (exact) mass is 289 g/mol. The molecule has 1 heterocycles. The molecule has 1 aliphatic carbocycles. The lowest BCUT2D eigenvalue weighted by Gasteiger charge is -2.09. The van der Waals surface area contributed by atoms with Crippen molar-refractivity contribution in [2.45, 2.75) is 25.7 Å². The number of rotatable bonds is 2. The van der Waals surface area contributed by atoms with Crippen LogP contribution in [-0.4, -0.2) is 16.4 Å². The van der Waals surface area contributed by atoms with E-state index in [4.69, 9.17) is 22.4 Å². The maximum atomic E-state index is 10.1. The molecule has 0 amide bonds. The van der Waals surface area contributed by atoms with Gasteiger partial charge in [-0.2, -0.15) is 5.10 Å². The minimum Gasteiger partial charge on any atom is -0.507 e. The van der Waals surface area contributed by atoms with Gasteiger partial charge < -0.3 is 15.3 Å². The number of nitrogens with one attached hydrogen (secondary N) is 1. The van der Waals surface area contributed by atoms with Gasteiger partial charge in [-0.1, -0.05) is 0 Å². The Morgan fingerprint density at radius 2 is 2.20 bits per heavy atom. The van der Waals surface area contributed by atoms with Gasteiger partial charge >= 0.3 is 0 Å². The molecule has 0 radical (unpaired) electrons. The SMILES string of the molecule is NC(=S)NN=Cc1c(O)ccc2oc3c(c12)CCCC3. The van der Waals surface area contributed by atoms with Crippen LogP contribution >= 0.6 is 12.2 Å². The Hall–Kier alpha value is -2.08. The average molecular weight is 289 g/mol. The zero-order valence-electron chi connectivity index (χ0n) is 10.8. The molecule has 20 heavy (non-hydrogen) atoms. The first-order valence-corrected chi connectivity index (χ1v) is 6.92. The normalized spacial score (nSPS) is 14.6. The lowest BCUT2D eigenvalue weighted by Crippen LogP contribution is -2.24. The van der Waals surface area contributed by atoms with E-state index in [1.807, 2.05) is 0 Å². The Morgan fingerprint density at radius 3 is 3.00 bits per heavy atom. The van der Waals surface area contributed by atoms with Crippen LogP contribution in [0.1, 0.15) is 29.7 Å². The molecule has 4 N–H and O–H groups in total. The Bertz CT molecular complexity index is 706. The summed E-state index contributed by atoms with van der Waals surface area (Å²) in [7, 11) is 0. The Labute approximate surface area is 121 Å². The van der Waals surface area contributed by atoms with Crippen molar-refractivity contribution >= 4 is 34.5 Å². The lowest BCUT2D eigenvalue weighted by atomic mass is 9.94. The number of nitrogens with two attached hydrogens (primary N) is 1. The van der Waals surface area contributed by atoms with Gasteiger partial charge in [0.2, 0.25) is 0 Å². The molecule has 3 rings (SSSR count). The first-order chi connectivity index (χ1) is 9.66. The smallest absolute Gasteiger partial charge is 0.184 e. The number of hydrogen-bond acceptors (Lipinski definition) is 4. The van der Waals surface area contributed by atoms with Gasteiger partial charge in [-0.05, 0) is 43.6 Å². The van der Waals surface area contributed by atoms with Crippen molar-refractivity contribution in [3.05, 3.63) is 29.0 Å². The molecule has 6 heteroatoms. The van der Waals surface area contributed by atoms with Crippen LogP contribution < -0.4 is 11.2 Å². The fraction of sp³-hybridized carbons (Fsp3) is 0.286. The number of phenolic OH excluding ortho intramolecular Hbond substituents is 1. The number of fused-ring (bicyclic) bond motifs is 3. The number of aromatic hydroxyl groups is 1. The summed E-state index contributed by atoms with van der Waals surface area (Å²) in [4.78, 5) is 0. The lowest BCUT2D eigenvalue weighted by molar-refractivity contribution is 0.474. The van der Waals surface area contributed by atoms with Gasteiger partial charge in [0.05, 0.1) is 6.21 Å². The van der Waals surface area contributed by atoms with E-state index in [9.17, 15) is 5.11 Å². The van der Waals surface area contributed by atoms with Crippen molar-refractivity contribution in [1.29, 1.82) is 0 Å². The first-order valence-electron chi connectivity index (χ1n) is 6.51. The van der Waals surface area contributed by atoms with E-state index in [1.54, 1.807) is 12.1 Å². The van der Waals surface area contributed by atoms with Crippen LogP contribution in [-0.2, 0) is 12.8 Å². The van der Waals surface area contributed by atoms with E-state index in [2.05, 4.69) is 10.5 Å². The molecule has 5 nitrogen and oxygen atoms in total. The van der Waals surface area contributed by atoms with Gasteiger partial charge in [0.1, 0.15) is 17.1 Å². The van der Waals surface area contributed by atoms with Crippen molar-refractivity contribution in [2.75, 3.05) is 0 Å². The van der Waals surface area contributed by atoms with E-state index in [0.29, 0.717) is 5.56 Å². The van der Waals surface area contributed by atoms with Crippen LogP contribution in [0.15, 0.2) is 21.7 Å². The third-order valence-electron chi connectivity index (χ3n) is 3.50. The highest BCUT2D eigenvalue weighted by molar-refractivity contribution is 7.80. The number of benzene rings is 1. The molecule has 0 aliphatic heterocycles. The second-order valence-electron chi connectivity index (χ2n) is 4.82. The zero-order valence-corrected chi connectivity index (χ0v) is 11.7. The summed E-state index contributed by atoms with van der Waals surface area (Å²) in [6.07, 6.45) is 5.73. The summed E-state index contributed by atoms with van der Waals surface area (Å²) in [5.41, 5.74) is 10.4. The largest absolute Gasteiger partial charge is 0.507 e. The number of phenols is 1. The molecule has 0 fully saturated rings. The van der Waals surface area contributed by atoms with E-state index in [1.165, 1.54) is 11.8 Å². The molecule has 0 spiro atoms. The first kappa shape index (κ1) is 12.9. The molecule has 0 atom stereocenters. The maximum absolute atomic E-state index is 10.1. The van der Waals surface area contributed by atoms with Gasteiger partial charge in [-0.15, -0.1) is 0 Å². The molecule has 1 aromatic carbocycles. The highest BCUT2D eigenvalue weighted by Gasteiger charge is 2.21. The third-order valence-corrected chi connectivity index (χ3v) is 3.60. The van der Waals surface area contributed by atoms with Crippen LogP contribution in [0.2, 0.25) is 0 Å². The fourth-order valence-corrected chi connectivity index (χ4v) is 2.72. The van der Waals surface area contributed by atoms with Gasteiger partial charge in [-0.3, -0.25) is 5.43 Å². The number of hydrazone groups is 1. The summed E-state index contributed by atoms with van der Waals surface area (Å²) >= 11 is 4.69. The van der Waals surface area contributed by atoms with Crippen molar-refractivity contribution in [2.24, 2.45) is 10.8 Å². The molecule has 0 saturated heterocycles. The summed E-state index contributed by atoms with van der Waals surface area (Å²) in [6.45, 7) is 0. The van der Waals surface area contributed by atoms with Crippen LogP contribution in [0.3, 0.4) is 0 Å². The van der Waals surface area contributed by atoms with Crippen LogP contribution in [0.25, 0.3) is 11.0 Å². The number of aryl methyl sites for hydroxylation is 2. The predicted molar refractivity (Wildman–Crippen MR) is 82.0 cm³/mol. The molecule has 2 aromatic rings. The minimum absolute atomic E-state index is 0.0853. The molecule has 0 bridgehead atoms. The number of furan rings is 1.